The molecule has 152 valence electrons. The number of rotatable bonds is 6. The molecule has 0 saturated heterocycles. The lowest BCUT2D eigenvalue weighted by Gasteiger charge is -2.12. The van der Waals surface area contributed by atoms with Gasteiger partial charge in [0.2, 0.25) is 10.0 Å². The fraction of sp³-hybridized carbons (Fsp3) is 0.238. The van der Waals surface area contributed by atoms with Crippen LogP contribution in [0.3, 0.4) is 0 Å². The molecule has 0 unspecified atom stereocenters. The van der Waals surface area contributed by atoms with E-state index in [0.29, 0.717) is 16.8 Å². The Bertz CT molecular complexity index is 1200. The van der Waals surface area contributed by atoms with E-state index in [1.54, 1.807) is 31.2 Å². The predicted molar refractivity (Wildman–Crippen MR) is 110 cm³/mol. The highest BCUT2D eigenvalue weighted by Crippen LogP contribution is 2.20. The number of aryl methyl sites for hydroxylation is 3. The van der Waals surface area contributed by atoms with Gasteiger partial charge in [-0.3, -0.25) is 4.79 Å². The fourth-order valence-electron chi connectivity index (χ4n) is 2.97. The van der Waals surface area contributed by atoms with E-state index in [2.05, 4.69) is 9.82 Å². The molecule has 1 aromatic heterocycles. The van der Waals surface area contributed by atoms with Crippen molar-refractivity contribution in [1.29, 1.82) is 0 Å². The lowest BCUT2D eigenvalue weighted by atomic mass is 10.1. The predicted octanol–water partition coefficient (Wildman–Crippen LogP) is 2.95. The van der Waals surface area contributed by atoms with Crippen LogP contribution < -0.4 is 10.3 Å². The van der Waals surface area contributed by atoms with Gasteiger partial charge in [0.15, 0.2) is 0 Å². The number of halogens is 1. The van der Waals surface area contributed by atoms with Crippen LogP contribution in [0.4, 0.5) is 4.39 Å². The van der Waals surface area contributed by atoms with Gasteiger partial charge in [-0.2, -0.15) is 5.10 Å². The lowest BCUT2D eigenvalue weighted by Crippen LogP contribution is -2.32. The Hall–Kier alpha value is -2.84. The highest BCUT2D eigenvalue weighted by molar-refractivity contribution is 7.89. The summed E-state index contributed by atoms with van der Waals surface area (Å²) in [5.74, 6) is -0.363. The van der Waals surface area contributed by atoms with Gasteiger partial charge in [-0.05, 0) is 73.9 Å². The molecule has 0 fully saturated rings. The van der Waals surface area contributed by atoms with Crippen molar-refractivity contribution in [3.8, 4) is 11.3 Å². The van der Waals surface area contributed by atoms with Crippen LogP contribution in [-0.4, -0.2) is 24.7 Å². The Morgan fingerprint density at radius 2 is 1.62 bits per heavy atom. The first kappa shape index (κ1) is 20.9. The van der Waals surface area contributed by atoms with Gasteiger partial charge in [-0.1, -0.05) is 6.07 Å². The van der Waals surface area contributed by atoms with Crippen molar-refractivity contribution in [2.75, 3.05) is 6.54 Å². The second-order valence-corrected chi connectivity index (χ2v) is 8.62. The van der Waals surface area contributed by atoms with E-state index in [-0.39, 0.29) is 29.4 Å². The van der Waals surface area contributed by atoms with Crippen molar-refractivity contribution in [3.63, 3.8) is 0 Å². The van der Waals surface area contributed by atoms with Crippen LogP contribution in [0.25, 0.3) is 11.3 Å². The third kappa shape index (κ3) is 4.78. The topological polar surface area (TPSA) is 81.1 Å². The van der Waals surface area contributed by atoms with Crippen molar-refractivity contribution in [3.05, 3.63) is 81.4 Å². The number of nitrogens with one attached hydrogen (secondary N) is 1. The molecular formula is C21H22FN3O3S. The molecule has 1 N–H and O–H groups in total. The SMILES string of the molecule is Cc1cc(C)c(S(=O)(=O)NCCn2nc(-c3ccc(F)cc3)ccc2=O)cc1C. The number of nitrogens with zero attached hydrogens (tertiary/aromatic N) is 2. The van der Waals surface area contributed by atoms with E-state index in [9.17, 15) is 17.6 Å². The quantitative estimate of drug-likeness (QED) is 0.671. The summed E-state index contributed by atoms with van der Waals surface area (Å²) in [4.78, 5) is 12.3. The molecule has 2 aromatic carbocycles. The normalized spacial score (nSPS) is 11.6. The number of sulfonamides is 1. The van der Waals surface area contributed by atoms with Gasteiger partial charge in [0.05, 0.1) is 17.1 Å². The fourth-order valence-corrected chi connectivity index (χ4v) is 4.30. The monoisotopic (exact) mass is 415 g/mol. The smallest absolute Gasteiger partial charge is 0.266 e. The van der Waals surface area contributed by atoms with Crippen LogP contribution in [0, 0.1) is 26.6 Å². The molecule has 1 heterocycles. The molecule has 0 bridgehead atoms. The zero-order valence-corrected chi connectivity index (χ0v) is 17.3. The number of hydrogen-bond donors (Lipinski definition) is 1. The summed E-state index contributed by atoms with van der Waals surface area (Å²) in [6, 6.07) is 12.1. The molecule has 0 spiro atoms. The van der Waals surface area contributed by atoms with Crippen molar-refractivity contribution >= 4 is 10.0 Å². The number of hydrogen-bond acceptors (Lipinski definition) is 4. The van der Waals surface area contributed by atoms with E-state index in [0.717, 1.165) is 11.1 Å². The van der Waals surface area contributed by atoms with E-state index in [1.807, 2.05) is 19.9 Å². The standard InChI is InChI=1S/C21H22FN3O3S/c1-14-12-16(3)20(13-15(14)2)29(27,28)23-10-11-25-21(26)9-8-19(24-25)17-4-6-18(22)7-5-17/h4-9,12-13,23H,10-11H2,1-3H3. The first-order valence-electron chi connectivity index (χ1n) is 9.09. The van der Waals surface area contributed by atoms with Crippen molar-refractivity contribution < 1.29 is 12.8 Å². The third-order valence-corrected chi connectivity index (χ3v) is 6.31. The van der Waals surface area contributed by atoms with Crippen LogP contribution in [0.1, 0.15) is 16.7 Å². The van der Waals surface area contributed by atoms with Crippen LogP contribution in [0.5, 0.6) is 0 Å². The Labute approximate surface area is 169 Å². The minimum absolute atomic E-state index is 0.00841. The lowest BCUT2D eigenvalue weighted by molar-refractivity contribution is 0.548. The van der Waals surface area contributed by atoms with Gasteiger partial charge < -0.3 is 0 Å². The molecule has 0 aliphatic heterocycles. The molecule has 0 saturated carbocycles. The molecule has 29 heavy (non-hydrogen) atoms. The molecule has 0 amide bonds. The second kappa shape index (κ2) is 8.26. The van der Waals surface area contributed by atoms with Gasteiger partial charge in [-0.25, -0.2) is 22.2 Å². The average Bonchev–Trinajstić information content (AvgIpc) is 2.66. The van der Waals surface area contributed by atoms with Crippen LogP contribution >= 0.6 is 0 Å². The Morgan fingerprint density at radius 1 is 0.966 bits per heavy atom. The maximum atomic E-state index is 13.1. The average molecular weight is 415 g/mol. The maximum Gasteiger partial charge on any atom is 0.266 e. The van der Waals surface area contributed by atoms with E-state index in [4.69, 9.17) is 0 Å². The van der Waals surface area contributed by atoms with Gasteiger partial charge >= 0.3 is 0 Å². The van der Waals surface area contributed by atoms with E-state index in [1.165, 1.54) is 22.9 Å². The molecule has 3 aromatic rings. The van der Waals surface area contributed by atoms with Crippen LogP contribution in [-0.2, 0) is 16.6 Å². The molecule has 6 nitrogen and oxygen atoms in total. The molecule has 0 radical (unpaired) electrons. The zero-order chi connectivity index (χ0) is 21.2. The second-order valence-electron chi connectivity index (χ2n) is 6.89. The van der Waals surface area contributed by atoms with Gasteiger partial charge in [0, 0.05) is 18.2 Å². The molecule has 0 aliphatic rings. The summed E-state index contributed by atoms with van der Waals surface area (Å²) in [6.45, 7) is 5.61. The van der Waals surface area contributed by atoms with Crippen molar-refractivity contribution in [2.24, 2.45) is 0 Å². The first-order valence-corrected chi connectivity index (χ1v) is 10.6. The van der Waals surface area contributed by atoms with E-state index < -0.39 is 10.0 Å². The summed E-state index contributed by atoms with van der Waals surface area (Å²) in [5.41, 5.74) is 3.38. The Kier molecular flexibility index (Phi) is 5.95. The maximum absolute atomic E-state index is 13.1. The molecule has 0 aliphatic carbocycles. The largest absolute Gasteiger partial charge is 0.268 e. The highest BCUT2D eigenvalue weighted by Gasteiger charge is 2.17. The van der Waals surface area contributed by atoms with Crippen molar-refractivity contribution in [1.82, 2.24) is 14.5 Å². The summed E-state index contributed by atoms with van der Waals surface area (Å²) < 4.78 is 42.1. The third-order valence-electron chi connectivity index (χ3n) is 4.70. The van der Waals surface area contributed by atoms with E-state index >= 15 is 0 Å². The van der Waals surface area contributed by atoms with Crippen LogP contribution in [0.2, 0.25) is 0 Å². The summed E-state index contributed by atoms with van der Waals surface area (Å²) in [5, 5.41) is 4.25. The summed E-state index contributed by atoms with van der Waals surface area (Å²) in [6.07, 6.45) is 0. The number of benzene rings is 2. The zero-order valence-electron chi connectivity index (χ0n) is 16.4. The Morgan fingerprint density at radius 3 is 2.31 bits per heavy atom. The summed E-state index contributed by atoms with van der Waals surface area (Å²) in [7, 11) is -3.72. The van der Waals surface area contributed by atoms with Gasteiger partial charge in [-0.15, -0.1) is 0 Å². The summed E-state index contributed by atoms with van der Waals surface area (Å²) >= 11 is 0. The van der Waals surface area contributed by atoms with Crippen LogP contribution in [0.15, 0.2) is 58.2 Å². The number of aromatic nitrogens is 2. The minimum Gasteiger partial charge on any atom is -0.268 e. The Balaban J connectivity index is 1.76. The van der Waals surface area contributed by atoms with Gasteiger partial charge in [0.25, 0.3) is 5.56 Å². The van der Waals surface area contributed by atoms with Crippen molar-refractivity contribution in [2.45, 2.75) is 32.2 Å². The molecule has 8 heteroatoms. The molecule has 0 atom stereocenters. The highest BCUT2D eigenvalue weighted by atomic mass is 32.2. The molecule has 3 rings (SSSR count). The minimum atomic E-state index is -3.72. The molecular weight excluding hydrogens is 393 g/mol. The first-order chi connectivity index (χ1) is 13.7. The van der Waals surface area contributed by atoms with Gasteiger partial charge in [0.1, 0.15) is 5.82 Å².